The molecule has 0 atom stereocenters. The molecule has 0 fully saturated rings. The number of aryl methyl sites for hydroxylation is 1. The number of hydrogen-bond donors (Lipinski definition) is 3. The third-order valence-electron chi connectivity index (χ3n) is 2.63. The van der Waals surface area contributed by atoms with Crippen molar-refractivity contribution < 1.29 is 13.2 Å². The average Bonchev–Trinajstić information content (AvgIpc) is 2.36. The Labute approximate surface area is 119 Å². The Morgan fingerprint density at radius 2 is 2.00 bits per heavy atom. The number of anilines is 1. The van der Waals surface area contributed by atoms with Gasteiger partial charge in [-0.3, -0.25) is 4.79 Å². The number of benzene rings is 1. The smallest absolute Gasteiger partial charge is 0.241 e. The van der Waals surface area contributed by atoms with E-state index in [4.69, 9.17) is 5.73 Å². The van der Waals surface area contributed by atoms with Gasteiger partial charge in [0.25, 0.3) is 0 Å². The number of nitrogen functional groups attached to an aromatic ring is 1. The first-order valence-electron chi connectivity index (χ1n) is 6.35. The molecule has 0 aliphatic rings. The van der Waals surface area contributed by atoms with E-state index in [0.717, 1.165) is 0 Å². The quantitative estimate of drug-likeness (QED) is 0.670. The van der Waals surface area contributed by atoms with Gasteiger partial charge in [0.2, 0.25) is 15.9 Å². The molecule has 0 radical (unpaired) electrons. The Morgan fingerprint density at radius 1 is 1.35 bits per heavy atom. The number of rotatable bonds is 6. The SMILES string of the molecule is Cc1ccc(N)cc1S(=O)(=O)NCC(=O)NCC(C)C. The highest BCUT2D eigenvalue weighted by molar-refractivity contribution is 7.89. The van der Waals surface area contributed by atoms with Crippen molar-refractivity contribution >= 4 is 21.6 Å². The van der Waals surface area contributed by atoms with Crippen molar-refractivity contribution in [3.63, 3.8) is 0 Å². The fourth-order valence-electron chi connectivity index (χ4n) is 1.52. The predicted octanol–water partition coefficient (Wildman–Crippen LogP) is 0.628. The second kappa shape index (κ2) is 6.71. The molecule has 1 rings (SSSR count). The average molecular weight is 299 g/mol. The lowest BCUT2D eigenvalue weighted by molar-refractivity contribution is -0.120. The highest BCUT2D eigenvalue weighted by atomic mass is 32.2. The molecule has 0 unspecified atom stereocenters. The Hall–Kier alpha value is -1.60. The van der Waals surface area contributed by atoms with Crippen LogP contribution in [-0.4, -0.2) is 27.4 Å². The van der Waals surface area contributed by atoms with Crippen molar-refractivity contribution in [2.45, 2.75) is 25.7 Å². The van der Waals surface area contributed by atoms with E-state index >= 15 is 0 Å². The van der Waals surface area contributed by atoms with Crippen LogP contribution < -0.4 is 15.8 Å². The summed E-state index contributed by atoms with van der Waals surface area (Å²) in [7, 11) is -3.74. The molecule has 0 heterocycles. The number of nitrogens with two attached hydrogens (primary N) is 1. The largest absolute Gasteiger partial charge is 0.399 e. The number of carbonyl (C=O) groups is 1. The molecule has 0 aliphatic heterocycles. The summed E-state index contributed by atoms with van der Waals surface area (Å²) in [6.07, 6.45) is 0. The normalized spacial score (nSPS) is 11.6. The van der Waals surface area contributed by atoms with Crippen LogP contribution in [0.25, 0.3) is 0 Å². The van der Waals surface area contributed by atoms with Gasteiger partial charge in [0.05, 0.1) is 11.4 Å². The van der Waals surface area contributed by atoms with Crippen LogP contribution >= 0.6 is 0 Å². The van der Waals surface area contributed by atoms with Crippen LogP contribution in [0.1, 0.15) is 19.4 Å². The fraction of sp³-hybridized carbons (Fsp3) is 0.462. The van der Waals surface area contributed by atoms with E-state index in [1.807, 2.05) is 13.8 Å². The molecule has 6 nitrogen and oxygen atoms in total. The van der Waals surface area contributed by atoms with Crippen molar-refractivity contribution in [3.05, 3.63) is 23.8 Å². The van der Waals surface area contributed by atoms with E-state index < -0.39 is 10.0 Å². The summed E-state index contributed by atoms with van der Waals surface area (Å²) in [6.45, 7) is 5.81. The minimum absolute atomic E-state index is 0.0918. The Bertz CT molecular complexity index is 583. The zero-order chi connectivity index (χ0) is 15.3. The lowest BCUT2D eigenvalue weighted by atomic mass is 10.2. The zero-order valence-corrected chi connectivity index (χ0v) is 12.8. The lowest BCUT2D eigenvalue weighted by Gasteiger charge is -2.11. The van der Waals surface area contributed by atoms with E-state index in [-0.39, 0.29) is 17.3 Å². The summed E-state index contributed by atoms with van der Waals surface area (Å²) in [5.41, 5.74) is 6.53. The highest BCUT2D eigenvalue weighted by Crippen LogP contribution is 2.17. The molecule has 0 saturated carbocycles. The van der Waals surface area contributed by atoms with Gasteiger partial charge < -0.3 is 11.1 Å². The second-order valence-corrected chi connectivity index (χ2v) is 6.78. The van der Waals surface area contributed by atoms with Crippen LogP contribution in [0.5, 0.6) is 0 Å². The van der Waals surface area contributed by atoms with E-state index in [1.54, 1.807) is 19.1 Å². The van der Waals surface area contributed by atoms with Crippen LogP contribution in [0, 0.1) is 12.8 Å². The maximum absolute atomic E-state index is 12.1. The maximum Gasteiger partial charge on any atom is 0.241 e. The third kappa shape index (κ3) is 4.82. The molecule has 0 saturated heterocycles. The number of sulfonamides is 1. The van der Waals surface area contributed by atoms with Gasteiger partial charge in [-0.15, -0.1) is 0 Å². The highest BCUT2D eigenvalue weighted by Gasteiger charge is 2.18. The molecule has 112 valence electrons. The summed E-state index contributed by atoms with van der Waals surface area (Å²) in [4.78, 5) is 11.6. The molecule has 0 aromatic heterocycles. The molecule has 0 bridgehead atoms. The van der Waals surface area contributed by atoms with Crippen LogP contribution in [0.4, 0.5) is 5.69 Å². The maximum atomic E-state index is 12.1. The standard InChI is InChI=1S/C13H21N3O3S/c1-9(2)7-15-13(17)8-16-20(18,19)12-6-11(14)5-4-10(12)3/h4-6,9,16H,7-8,14H2,1-3H3,(H,15,17). The van der Waals surface area contributed by atoms with Gasteiger partial charge in [-0.25, -0.2) is 13.1 Å². The molecule has 0 spiro atoms. The van der Waals surface area contributed by atoms with Gasteiger partial charge in [0.1, 0.15) is 0 Å². The van der Waals surface area contributed by atoms with E-state index in [9.17, 15) is 13.2 Å². The molecule has 4 N–H and O–H groups in total. The van der Waals surface area contributed by atoms with Crippen LogP contribution in [0.3, 0.4) is 0 Å². The van der Waals surface area contributed by atoms with Crippen molar-refractivity contribution in [3.8, 4) is 0 Å². The fourth-order valence-corrected chi connectivity index (χ4v) is 2.78. The number of carbonyl (C=O) groups excluding carboxylic acids is 1. The molecular formula is C13H21N3O3S. The van der Waals surface area contributed by atoms with Gasteiger partial charge in [-0.1, -0.05) is 19.9 Å². The number of amides is 1. The first-order valence-corrected chi connectivity index (χ1v) is 7.83. The predicted molar refractivity (Wildman–Crippen MR) is 78.6 cm³/mol. The molecule has 20 heavy (non-hydrogen) atoms. The van der Waals surface area contributed by atoms with E-state index in [0.29, 0.717) is 23.7 Å². The van der Waals surface area contributed by atoms with Gasteiger partial charge in [-0.05, 0) is 30.5 Å². The molecule has 0 aliphatic carbocycles. The Balaban J connectivity index is 2.71. The first-order chi connectivity index (χ1) is 9.22. The van der Waals surface area contributed by atoms with Crippen molar-refractivity contribution in [1.82, 2.24) is 10.0 Å². The van der Waals surface area contributed by atoms with Crippen LogP contribution in [0.15, 0.2) is 23.1 Å². The third-order valence-corrected chi connectivity index (χ3v) is 4.18. The van der Waals surface area contributed by atoms with Crippen molar-refractivity contribution in [2.75, 3.05) is 18.8 Å². The summed E-state index contributed by atoms with van der Waals surface area (Å²) in [6, 6.07) is 4.64. The second-order valence-electron chi connectivity index (χ2n) is 5.05. The lowest BCUT2D eigenvalue weighted by Crippen LogP contribution is -2.38. The first kappa shape index (κ1) is 16.5. The Morgan fingerprint density at radius 3 is 2.60 bits per heavy atom. The summed E-state index contributed by atoms with van der Waals surface area (Å²) in [5, 5.41) is 2.64. The minimum atomic E-state index is -3.74. The zero-order valence-electron chi connectivity index (χ0n) is 11.9. The molecular weight excluding hydrogens is 278 g/mol. The summed E-state index contributed by atoms with van der Waals surface area (Å²) in [5.74, 6) is -0.0458. The molecule has 1 amide bonds. The number of hydrogen-bond acceptors (Lipinski definition) is 4. The van der Waals surface area contributed by atoms with Crippen LogP contribution in [-0.2, 0) is 14.8 Å². The van der Waals surface area contributed by atoms with Crippen molar-refractivity contribution in [1.29, 1.82) is 0 Å². The van der Waals surface area contributed by atoms with E-state index in [1.165, 1.54) is 6.07 Å². The molecule has 1 aromatic carbocycles. The summed E-state index contributed by atoms with van der Waals surface area (Å²) < 4.78 is 26.5. The molecule has 1 aromatic rings. The van der Waals surface area contributed by atoms with Gasteiger partial charge in [-0.2, -0.15) is 0 Å². The summed E-state index contributed by atoms with van der Waals surface area (Å²) >= 11 is 0. The van der Waals surface area contributed by atoms with Crippen molar-refractivity contribution in [2.24, 2.45) is 5.92 Å². The molecule has 7 heteroatoms. The minimum Gasteiger partial charge on any atom is -0.399 e. The van der Waals surface area contributed by atoms with Gasteiger partial charge >= 0.3 is 0 Å². The van der Waals surface area contributed by atoms with Gasteiger partial charge in [0.15, 0.2) is 0 Å². The van der Waals surface area contributed by atoms with E-state index in [2.05, 4.69) is 10.0 Å². The topological polar surface area (TPSA) is 101 Å². The van der Waals surface area contributed by atoms with Gasteiger partial charge in [0, 0.05) is 12.2 Å². The van der Waals surface area contributed by atoms with Crippen LogP contribution in [0.2, 0.25) is 0 Å². The monoisotopic (exact) mass is 299 g/mol. The number of nitrogens with one attached hydrogen (secondary N) is 2. The Kier molecular flexibility index (Phi) is 5.52.